The summed E-state index contributed by atoms with van der Waals surface area (Å²) in [7, 11) is 0. The Labute approximate surface area is 165 Å². The second-order valence-corrected chi connectivity index (χ2v) is 7.19. The van der Waals surface area contributed by atoms with Crippen molar-refractivity contribution in [1.82, 2.24) is 19.9 Å². The number of amides is 1. The van der Waals surface area contributed by atoms with E-state index in [9.17, 15) is 4.79 Å². The lowest BCUT2D eigenvalue weighted by Gasteiger charge is -2.26. The van der Waals surface area contributed by atoms with E-state index in [2.05, 4.69) is 15.2 Å². The van der Waals surface area contributed by atoms with Gasteiger partial charge < -0.3 is 19.9 Å². The Morgan fingerprint density at radius 2 is 2.22 bits per heavy atom. The highest BCUT2D eigenvalue weighted by atomic mass is 35.5. The lowest BCUT2D eigenvalue weighted by Crippen LogP contribution is -2.40. The molecule has 4 rings (SSSR count). The van der Waals surface area contributed by atoms with Crippen LogP contribution < -0.4 is 10.2 Å². The molecule has 1 atom stereocenters. The third-order valence-corrected chi connectivity index (χ3v) is 5.57. The van der Waals surface area contributed by atoms with Crippen molar-refractivity contribution in [2.24, 2.45) is 0 Å². The number of aromatic nitrogens is 3. The van der Waals surface area contributed by atoms with E-state index < -0.39 is 6.09 Å². The van der Waals surface area contributed by atoms with Crippen molar-refractivity contribution in [3.8, 4) is 5.69 Å². The van der Waals surface area contributed by atoms with Gasteiger partial charge in [0.2, 0.25) is 0 Å². The van der Waals surface area contributed by atoms with E-state index in [4.69, 9.17) is 33.3 Å². The summed E-state index contributed by atoms with van der Waals surface area (Å²) in [5.74, 6) is 0.741. The van der Waals surface area contributed by atoms with Gasteiger partial charge in [-0.05, 0) is 25.0 Å². The number of hydrogen-bond acceptors (Lipinski definition) is 4. The number of benzene rings is 1. The quantitative estimate of drug-likeness (QED) is 0.685. The number of imidazole rings is 1. The number of carboxylic acid groups (broad SMARTS) is 1. The monoisotopic (exact) mass is 405 g/mol. The Morgan fingerprint density at radius 1 is 1.37 bits per heavy atom. The topological polar surface area (TPSA) is 83.3 Å². The first-order valence-electron chi connectivity index (χ1n) is 8.55. The van der Waals surface area contributed by atoms with Crippen LogP contribution in [0.2, 0.25) is 10.0 Å². The molecule has 2 N–H and O–H groups in total. The van der Waals surface area contributed by atoms with Crippen LogP contribution in [0.25, 0.3) is 16.6 Å². The van der Waals surface area contributed by atoms with Crippen LogP contribution in [-0.2, 0) is 0 Å². The minimum Gasteiger partial charge on any atom is -0.465 e. The molecule has 1 fully saturated rings. The van der Waals surface area contributed by atoms with E-state index in [1.165, 1.54) is 0 Å². The molecule has 1 aromatic carbocycles. The number of carbonyl (C=O) groups is 1. The summed E-state index contributed by atoms with van der Waals surface area (Å²) >= 11 is 12.7. The number of fused-ring (bicyclic) bond motifs is 1. The van der Waals surface area contributed by atoms with Crippen LogP contribution in [0.4, 0.5) is 10.6 Å². The smallest absolute Gasteiger partial charge is 0.404 e. The van der Waals surface area contributed by atoms with Crippen molar-refractivity contribution in [2.75, 3.05) is 18.0 Å². The molecule has 2 aromatic heterocycles. The summed E-state index contributed by atoms with van der Waals surface area (Å²) in [5.41, 5.74) is 1.50. The van der Waals surface area contributed by atoms with Crippen molar-refractivity contribution < 1.29 is 9.90 Å². The molecule has 0 spiro atoms. The summed E-state index contributed by atoms with van der Waals surface area (Å²) in [5, 5.41) is 13.1. The molecule has 3 heterocycles. The van der Waals surface area contributed by atoms with Crippen molar-refractivity contribution in [1.29, 1.82) is 0 Å². The molecular formula is C18H17Cl2N5O2. The maximum Gasteiger partial charge on any atom is 0.404 e. The molecule has 7 nitrogen and oxygen atoms in total. The molecule has 27 heavy (non-hydrogen) atoms. The van der Waals surface area contributed by atoms with Crippen LogP contribution in [0.15, 0.2) is 36.9 Å². The fourth-order valence-corrected chi connectivity index (χ4v) is 3.88. The number of nitrogens with zero attached hydrogens (tertiary/aromatic N) is 4. The summed E-state index contributed by atoms with van der Waals surface area (Å²) < 4.78 is 1.90. The van der Waals surface area contributed by atoms with E-state index in [1.54, 1.807) is 18.6 Å². The molecule has 9 heteroatoms. The number of halogens is 2. The highest BCUT2D eigenvalue weighted by Crippen LogP contribution is 2.36. The Kier molecular flexibility index (Phi) is 4.80. The van der Waals surface area contributed by atoms with E-state index in [-0.39, 0.29) is 6.04 Å². The second-order valence-electron chi connectivity index (χ2n) is 6.40. The maximum absolute atomic E-state index is 10.9. The first kappa shape index (κ1) is 17.9. The SMILES string of the molecule is O=C(O)NCC1CCCN1c1cc(-n2ccnc2)c2ccc(Cl)c(Cl)c2n1. The third-order valence-electron chi connectivity index (χ3n) is 4.78. The lowest BCUT2D eigenvalue weighted by molar-refractivity contribution is 0.193. The van der Waals surface area contributed by atoms with E-state index in [1.807, 2.05) is 22.9 Å². The highest BCUT2D eigenvalue weighted by molar-refractivity contribution is 6.45. The van der Waals surface area contributed by atoms with Crippen LogP contribution in [0.3, 0.4) is 0 Å². The molecule has 140 valence electrons. The largest absolute Gasteiger partial charge is 0.465 e. The van der Waals surface area contributed by atoms with Gasteiger partial charge in [0.25, 0.3) is 0 Å². The van der Waals surface area contributed by atoms with Crippen molar-refractivity contribution >= 4 is 46.0 Å². The zero-order valence-corrected chi connectivity index (χ0v) is 15.8. The molecule has 0 radical (unpaired) electrons. The average Bonchev–Trinajstić information content (AvgIpc) is 3.34. The number of hydrogen-bond donors (Lipinski definition) is 2. The van der Waals surface area contributed by atoms with E-state index in [0.717, 1.165) is 36.3 Å². The molecule has 0 aliphatic carbocycles. The Balaban J connectivity index is 1.83. The lowest BCUT2D eigenvalue weighted by atomic mass is 10.1. The normalized spacial score (nSPS) is 16.8. The van der Waals surface area contributed by atoms with Gasteiger partial charge in [-0.1, -0.05) is 23.2 Å². The van der Waals surface area contributed by atoms with Gasteiger partial charge in [-0.15, -0.1) is 0 Å². The van der Waals surface area contributed by atoms with Gasteiger partial charge in [0.1, 0.15) is 5.82 Å². The fraction of sp³-hybridized carbons (Fsp3) is 0.278. The Morgan fingerprint density at radius 3 is 2.96 bits per heavy atom. The summed E-state index contributed by atoms with van der Waals surface area (Å²) in [6.07, 6.45) is 6.11. The van der Waals surface area contributed by atoms with Gasteiger partial charge in [-0.2, -0.15) is 0 Å². The van der Waals surface area contributed by atoms with Crippen LogP contribution >= 0.6 is 23.2 Å². The molecule has 0 bridgehead atoms. The fourth-order valence-electron chi connectivity index (χ4n) is 3.52. The molecule has 3 aromatic rings. The molecular weight excluding hydrogens is 389 g/mol. The van der Waals surface area contributed by atoms with Gasteiger partial charge in [-0.3, -0.25) is 0 Å². The Bertz CT molecular complexity index is 993. The van der Waals surface area contributed by atoms with Crippen LogP contribution in [0.5, 0.6) is 0 Å². The van der Waals surface area contributed by atoms with Crippen LogP contribution in [0.1, 0.15) is 12.8 Å². The minimum atomic E-state index is -1.03. The summed E-state index contributed by atoms with van der Waals surface area (Å²) in [6, 6.07) is 5.67. The van der Waals surface area contributed by atoms with Crippen molar-refractivity contribution in [3.63, 3.8) is 0 Å². The molecule has 1 amide bonds. The zero-order valence-electron chi connectivity index (χ0n) is 14.3. The first-order valence-corrected chi connectivity index (χ1v) is 9.30. The maximum atomic E-state index is 10.9. The summed E-state index contributed by atoms with van der Waals surface area (Å²) in [6.45, 7) is 1.14. The zero-order chi connectivity index (χ0) is 19.0. The number of anilines is 1. The molecule has 1 saturated heterocycles. The highest BCUT2D eigenvalue weighted by Gasteiger charge is 2.27. The average molecular weight is 406 g/mol. The van der Waals surface area contributed by atoms with Crippen LogP contribution in [-0.4, -0.2) is 44.9 Å². The summed E-state index contributed by atoms with van der Waals surface area (Å²) in [4.78, 5) is 21.9. The molecule has 1 aliphatic heterocycles. The molecule has 1 aliphatic rings. The second kappa shape index (κ2) is 7.25. The van der Waals surface area contributed by atoms with E-state index >= 15 is 0 Å². The first-order chi connectivity index (χ1) is 13.0. The Hall–Kier alpha value is -2.51. The number of nitrogens with one attached hydrogen (secondary N) is 1. The van der Waals surface area contributed by atoms with Crippen molar-refractivity contribution in [3.05, 3.63) is 47.0 Å². The van der Waals surface area contributed by atoms with Gasteiger partial charge >= 0.3 is 6.09 Å². The molecule has 1 unspecified atom stereocenters. The van der Waals surface area contributed by atoms with Gasteiger partial charge in [0.05, 0.1) is 27.6 Å². The van der Waals surface area contributed by atoms with E-state index in [0.29, 0.717) is 22.1 Å². The number of rotatable bonds is 4. The van der Waals surface area contributed by atoms with Gasteiger partial charge in [0, 0.05) is 43.0 Å². The minimum absolute atomic E-state index is 0.0413. The number of pyridine rings is 1. The van der Waals surface area contributed by atoms with Crippen LogP contribution in [0, 0.1) is 0 Å². The molecule has 0 saturated carbocycles. The van der Waals surface area contributed by atoms with Crippen molar-refractivity contribution in [2.45, 2.75) is 18.9 Å². The predicted molar refractivity (Wildman–Crippen MR) is 105 cm³/mol. The van der Waals surface area contributed by atoms with Gasteiger partial charge in [0.15, 0.2) is 0 Å². The van der Waals surface area contributed by atoms with Gasteiger partial charge in [-0.25, -0.2) is 14.8 Å². The standard InChI is InChI=1S/C18H17Cl2N5O2/c19-13-4-3-12-14(24-7-5-21-10-24)8-15(23-17(12)16(13)20)25-6-1-2-11(25)9-22-18(26)27/h3-5,7-8,10-11,22H,1-2,6,9H2,(H,26,27). The predicted octanol–water partition coefficient (Wildman–Crippen LogP) is 3.96. The third kappa shape index (κ3) is 3.40.